The van der Waals surface area contributed by atoms with E-state index in [0.29, 0.717) is 0 Å². The van der Waals surface area contributed by atoms with Crippen molar-refractivity contribution in [2.75, 3.05) is 34.3 Å². The van der Waals surface area contributed by atoms with E-state index in [1.165, 1.54) is 7.11 Å². The van der Waals surface area contributed by atoms with Gasteiger partial charge in [-0.25, -0.2) is 0 Å². The first-order valence-corrected chi connectivity index (χ1v) is 5.04. The van der Waals surface area contributed by atoms with Gasteiger partial charge in [0.05, 0.1) is 7.11 Å². The van der Waals surface area contributed by atoms with Gasteiger partial charge in [0.15, 0.2) is 0 Å². The summed E-state index contributed by atoms with van der Waals surface area (Å²) >= 11 is 0. The summed E-state index contributed by atoms with van der Waals surface area (Å²) in [6.07, 6.45) is 2.23. The van der Waals surface area contributed by atoms with Gasteiger partial charge in [-0.05, 0) is 47.0 Å². The van der Waals surface area contributed by atoms with Crippen LogP contribution in [0, 0.1) is 0 Å². The van der Waals surface area contributed by atoms with Gasteiger partial charge < -0.3 is 15.0 Å². The number of carbonyl (C=O) groups excluding carboxylic acids is 1. The van der Waals surface area contributed by atoms with Crippen molar-refractivity contribution in [2.45, 2.75) is 25.8 Å². The monoisotopic (exact) mass is 202 g/mol. The third kappa shape index (κ3) is 6.86. The average Bonchev–Trinajstić information content (AvgIpc) is 2.15. The Labute approximate surface area is 86.6 Å². The van der Waals surface area contributed by atoms with Crippen LogP contribution in [0.1, 0.15) is 19.8 Å². The third-order valence-corrected chi connectivity index (χ3v) is 2.04. The van der Waals surface area contributed by atoms with Crippen molar-refractivity contribution in [3.63, 3.8) is 0 Å². The van der Waals surface area contributed by atoms with Crippen molar-refractivity contribution in [2.24, 2.45) is 0 Å². The molecule has 0 bridgehead atoms. The quantitative estimate of drug-likeness (QED) is 0.481. The Morgan fingerprint density at radius 2 is 2.07 bits per heavy atom. The van der Waals surface area contributed by atoms with E-state index < -0.39 is 0 Å². The molecule has 0 aliphatic rings. The molecule has 0 fully saturated rings. The molecule has 1 atom stereocenters. The number of nitrogens with zero attached hydrogens (tertiary/aromatic N) is 1. The predicted octanol–water partition coefficient (Wildman–Crippen LogP) is 0.479. The Balaban J connectivity index is 3.31. The Kier molecular flexibility index (Phi) is 7.42. The minimum atomic E-state index is -0.197. The van der Waals surface area contributed by atoms with Crippen LogP contribution in [-0.2, 0) is 9.53 Å². The number of unbranched alkanes of at least 4 members (excludes halogenated alkanes) is 1. The second-order valence-corrected chi connectivity index (χ2v) is 3.71. The molecule has 0 radical (unpaired) electrons. The molecule has 0 aromatic carbocycles. The Bertz CT molecular complexity index is 160. The van der Waals surface area contributed by atoms with Crippen LogP contribution < -0.4 is 5.32 Å². The highest BCUT2D eigenvalue weighted by Gasteiger charge is 2.10. The molecular weight excluding hydrogens is 180 g/mol. The summed E-state index contributed by atoms with van der Waals surface area (Å²) in [6.45, 7) is 3.77. The Morgan fingerprint density at radius 1 is 1.43 bits per heavy atom. The van der Waals surface area contributed by atoms with Crippen LogP contribution >= 0.6 is 0 Å². The molecule has 1 N–H and O–H groups in total. The number of esters is 1. The number of carbonyl (C=O) groups is 1. The maximum atomic E-state index is 11.0. The zero-order valence-corrected chi connectivity index (χ0v) is 9.67. The molecule has 4 nitrogen and oxygen atoms in total. The topological polar surface area (TPSA) is 41.6 Å². The molecule has 0 saturated heterocycles. The van der Waals surface area contributed by atoms with Crippen molar-refractivity contribution >= 4 is 5.97 Å². The number of methoxy groups -OCH3 is 1. The lowest BCUT2D eigenvalue weighted by atomic mass is 10.2. The summed E-state index contributed by atoms with van der Waals surface area (Å²) in [5.74, 6) is -0.197. The van der Waals surface area contributed by atoms with E-state index in [4.69, 9.17) is 0 Å². The molecule has 4 heteroatoms. The number of hydrogen-bond donors (Lipinski definition) is 1. The highest BCUT2D eigenvalue weighted by atomic mass is 16.5. The van der Waals surface area contributed by atoms with Crippen LogP contribution in [0.4, 0.5) is 0 Å². The van der Waals surface area contributed by atoms with Gasteiger partial charge in [0.25, 0.3) is 0 Å². The summed E-state index contributed by atoms with van der Waals surface area (Å²) in [6, 6.07) is -0.195. The maximum Gasteiger partial charge on any atom is 0.322 e. The van der Waals surface area contributed by atoms with E-state index in [9.17, 15) is 4.79 Å². The highest BCUT2D eigenvalue weighted by Crippen LogP contribution is 1.91. The second-order valence-electron chi connectivity index (χ2n) is 3.71. The number of nitrogens with one attached hydrogen (secondary N) is 1. The smallest absolute Gasteiger partial charge is 0.322 e. The highest BCUT2D eigenvalue weighted by molar-refractivity contribution is 5.74. The Morgan fingerprint density at radius 3 is 2.57 bits per heavy atom. The second kappa shape index (κ2) is 7.76. The van der Waals surface area contributed by atoms with Crippen molar-refractivity contribution in [1.29, 1.82) is 0 Å². The van der Waals surface area contributed by atoms with Crippen molar-refractivity contribution in [3.8, 4) is 0 Å². The first-order valence-electron chi connectivity index (χ1n) is 5.04. The van der Waals surface area contributed by atoms with E-state index in [2.05, 4.69) is 29.0 Å². The third-order valence-electron chi connectivity index (χ3n) is 2.04. The fourth-order valence-corrected chi connectivity index (χ4v) is 1.13. The van der Waals surface area contributed by atoms with Crippen LogP contribution in [-0.4, -0.2) is 51.2 Å². The summed E-state index contributed by atoms with van der Waals surface area (Å²) in [4.78, 5) is 13.1. The van der Waals surface area contributed by atoms with Crippen LogP contribution in [0.5, 0.6) is 0 Å². The molecule has 0 saturated carbocycles. The van der Waals surface area contributed by atoms with Gasteiger partial charge >= 0.3 is 5.97 Å². The van der Waals surface area contributed by atoms with E-state index in [0.717, 1.165) is 25.9 Å². The van der Waals surface area contributed by atoms with E-state index in [1.54, 1.807) is 0 Å². The number of hydrogen-bond acceptors (Lipinski definition) is 4. The minimum absolute atomic E-state index is 0.195. The normalized spacial score (nSPS) is 12.9. The van der Waals surface area contributed by atoms with Crippen molar-refractivity contribution < 1.29 is 9.53 Å². The largest absolute Gasteiger partial charge is 0.468 e. The SMILES string of the molecule is COC(=O)C(C)NCCCCN(C)C. The average molecular weight is 202 g/mol. The lowest BCUT2D eigenvalue weighted by molar-refractivity contribution is -0.142. The van der Waals surface area contributed by atoms with Gasteiger partial charge in [-0.1, -0.05) is 0 Å². The number of ether oxygens (including phenoxy) is 1. The minimum Gasteiger partial charge on any atom is -0.468 e. The fourth-order valence-electron chi connectivity index (χ4n) is 1.13. The molecule has 0 spiro atoms. The van der Waals surface area contributed by atoms with E-state index in [1.807, 2.05) is 6.92 Å². The van der Waals surface area contributed by atoms with Gasteiger partial charge in [0, 0.05) is 0 Å². The summed E-state index contributed by atoms with van der Waals surface area (Å²) in [7, 11) is 5.53. The molecule has 0 aliphatic carbocycles. The molecule has 0 amide bonds. The molecule has 0 aliphatic heterocycles. The molecule has 0 aromatic heterocycles. The first-order chi connectivity index (χ1) is 6.57. The molecule has 0 aromatic rings. The first kappa shape index (κ1) is 13.4. The van der Waals surface area contributed by atoms with Crippen LogP contribution in [0.3, 0.4) is 0 Å². The van der Waals surface area contributed by atoms with E-state index in [-0.39, 0.29) is 12.0 Å². The van der Waals surface area contributed by atoms with E-state index >= 15 is 0 Å². The summed E-state index contributed by atoms with van der Waals surface area (Å²) in [5.41, 5.74) is 0. The zero-order valence-electron chi connectivity index (χ0n) is 9.67. The lowest BCUT2D eigenvalue weighted by Crippen LogP contribution is -2.35. The maximum absolute atomic E-state index is 11.0. The molecule has 0 rings (SSSR count). The predicted molar refractivity (Wildman–Crippen MR) is 57.3 cm³/mol. The molecular formula is C10H22N2O2. The fraction of sp³-hybridized carbons (Fsp3) is 0.900. The molecule has 0 heterocycles. The molecule has 1 unspecified atom stereocenters. The van der Waals surface area contributed by atoms with Crippen LogP contribution in [0.25, 0.3) is 0 Å². The van der Waals surface area contributed by atoms with Gasteiger partial charge in [-0.2, -0.15) is 0 Å². The van der Waals surface area contributed by atoms with Gasteiger partial charge in [0.2, 0.25) is 0 Å². The zero-order chi connectivity index (χ0) is 11.0. The van der Waals surface area contributed by atoms with Crippen LogP contribution in [0.2, 0.25) is 0 Å². The number of rotatable bonds is 7. The summed E-state index contributed by atoms with van der Waals surface area (Å²) < 4.78 is 4.60. The molecule has 84 valence electrons. The Hall–Kier alpha value is -0.610. The lowest BCUT2D eigenvalue weighted by Gasteiger charge is -2.12. The van der Waals surface area contributed by atoms with Gasteiger partial charge in [-0.3, -0.25) is 4.79 Å². The van der Waals surface area contributed by atoms with Crippen molar-refractivity contribution in [3.05, 3.63) is 0 Å². The summed E-state index contributed by atoms with van der Waals surface area (Å²) in [5, 5.41) is 3.11. The van der Waals surface area contributed by atoms with Crippen LogP contribution in [0.15, 0.2) is 0 Å². The molecule has 14 heavy (non-hydrogen) atoms. The van der Waals surface area contributed by atoms with Gasteiger partial charge in [-0.15, -0.1) is 0 Å². The standard InChI is InChI=1S/C10H22N2O2/c1-9(10(13)14-4)11-7-5-6-8-12(2)3/h9,11H,5-8H2,1-4H3. The van der Waals surface area contributed by atoms with Gasteiger partial charge in [0.1, 0.15) is 6.04 Å². The van der Waals surface area contributed by atoms with Crippen molar-refractivity contribution in [1.82, 2.24) is 10.2 Å².